The van der Waals surface area contributed by atoms with E-state index in [4.69, 9.17) is 9.47 Å². The van der Waals surface area contributed by atoms with Crippen LogP contribution in [0.4, 0.5) is 5.95 Å². The molecular weight excluding hydrogens is 322 g/mol. The van der Waals surface area contributed by atoms with Gasteiger partial charge in [0.25, 0.3) is 0 Å². The minimum atomic E-state index is -0.405. The fraction of sp³-hybridized carbons (Fsp3) is 0.389. The summed E-state index contributed by atoms with van der Waals surface area (Å²) in [5, 5.41) is 1.11. The van der Waals surface area contributed by atoms with Gasteiger partial charge in [0, 0.05) is 7.11 Å². The van der Waals surface area contributed by atoms with E-state index >= 15 is 0 Å². The number of fused-ring (bicyclic) bond motifs is 3. The number of hydrogen-bond acceptors (Lipinski definition) is 5. The lowest BCUT2D eigenvalue weighted by molar-refractivity contribution is 0.157. The lowest BCUT2D eigenvalue weighted by Crippen LogP contribution is -2.47. The quantitative estimate of drug-likeness (QED) is 0.621. The van der Waals surface area contributed by atoms with Gasteiger partial charge in [0.05, 0.1) is 19.0 Å². The molecule has 6 heteroatoms. The molecule has 1 aromatic rings. The summed E-state index contributed by atoms with van der Waals surface area (Å²) in [6.45, 7) is 4.27. The van der Waals surface area contributed by atoms with E-state index in [1.807, 2.05) is 12.3 Å². The van der Waals surface area contributed by atoms with Gasteiger partial charge in [0.15, 0.2) is 5.88 Å². The second-order valence-corrected chi connectivity index (χ2v) is 7.03. The topological polar surface area (TPSA) is 39.5 Å². The Morgan fingerprint density at radius 3 is 2.75 bits per heavy atom. The molecule has 0 bridgehead atoms. The monoisotopic (exact) mass is 343 g/mol. The normalized spacial score (nSPS) is 27.5. The molecule has 0 radical (unpaired) electrons. The van der Waals surface area contributed by atoms with Gasteiger partial charge >= 0.3 is 0 Å². The lowest BCUT2D eigenvalue weighted by atomic mass is 9.80. The van der Waals surface area contributed by atoms with Crippen LogP contribution in [0.5, 0.6) is 0 Å². The van der Waals surface area contributed by atoms with Crippen molar-refractivity contribution < 1.29 is 9.47 Å². The van der Waals surface area contributed by atoms with Crippen LogP contribution in [0.2, 0.25) is 0 Å². The van der Waals surface area contributed by atoms with Crippen molar-refractivity contribution in [3.63, 3.8) is 0 Å². The number of rotatable bonds is 3. The van der Waals surface area contributed by atoms with Crippen LogP contribution in [0.3, 0.4) is 0 Å². The summed E-state index contributed by atoms with van der Waals surface area (Å²) in [4.78, 5) is 6.86. The van der Waals surface area contributed by atoms with E-state index in [1.54, 1.807) is 26.0 Å². The molecule has 126 valence electrons. The molecule has 5 nitrogen and oxygen atoms in total. The zero-order chi connectivity index (χ0) is 17.1. The molecule has 0 amide bonds. The number of thioether (sulfide) groups is 1. The Kier molecular flexibility index (Phi) is 3.44. The maximum Gasteiger partial charge on any atom is 0.219 e. The second kappa shape index (κ2) is 5.29. The Bertz CT molecular complexity index is 833. The molecule has 2 unspecified atom stereocenters. The molecule has 2 aliphatic heterocycles. The van der Waals surface area contributed by atoms with Crippen LogP contribution in [0.25, 0.3) is 5.70 Å². The maximum absolute atomic E-state index is 5.76. The van der Waals surface area contributed by atoms with Crippen LogP contribution in [0.15, 0.2) is 52.6 Å². The van der Waals surface area contributed by atoms with Gasteiger partial charge in [-0.25, -0.2) is 4.98 Å². The molecule has 0 aromatic carbocycles. The standard InChI is InChI=1S/C18H21N3O2S/c1-11-9-18-8-6-7-13(22-3)21(18)17-19-10-14(24-5)20(17)16(18)12(2)15(11)23-4/h6-10,15H,1-5H3. The number of allylic oxidation sites excluding steroid dienone is 2. The fourth-order valence-corrected chi connectivity index (χ4v) is 4.67. The Morgan fingerprint density at radius 1 is 1.29 bits per heavy atom. The molecule has 2 atom stereocenters. The summed E-state index contributed by atoms with van der Waals surface area (Å²) in [5.41, 5.74) is 3.19. The second-order valence-electron chi connectivity index (χ2n) is 6.20. The Balaban J connectivity index is 2.06. The Hall–Kier alpha value is -1.92. The summed E-state index contributed by atoms with van der Waals surface area (Å²) in [5.74, 6) is 1.67. The minimum absolute atomic E-state index is 0.0131. The number of anilines is 1. The van der Waals surface area contributed by atoms with Gasteiger partial charge in [-0.1, -0.05) is 6.08 Å². The first-order valence-corrected chi connectivity index (χ1v) is 9.10. The summed E-state index contributed by atoms with van der Waals surface area (Å²) in [7, 11) is 3.46. The van der Waals surface area contributed by atoms with Crippen LogP contribution in [-0.2, 0) is 9.47 Å². The van der Waals surface area contributed by atoms with Crippen LogP contribution in [0, 0.1) is 0 Å². The molecule has 24 heavy (non-hydrogen) atoms. The largest absolute Gasteiger partial charge is 0.482 e. The third kappa shape index (κ3) is 1.73. The number of imidazole rings is 1. The van der Waals surface area contributed by atoms with Gasteiger partial charge in [-0.2, -0.15) is 0 Å². The van der Waals surface area contributed by atoms with Crippen molar-refractivity contribution in [3.8, 4) is 0 Å². The summed E-state index contributed by atoms with van der Waals surface area (Å²) in [6.07, 6.45) is 12.5. The number of hydrogen-bond donors (Lipinski definition) is 0. The molecule has 3 aliphatic rings. The predicted molar refractivity (Wildman–Crippen MR) is 96.9 cm³/mol. The highest BCUT2D eigenvalue weighted by atomic mass is 32.2. The van der Waals surface area contributed by atoms with E-state index in [0.29, 0.717) is 0 Å². The Labute approximate surface area is 146 Å². The summed E-state index contributed by atoms with van der Waals surface area (Å²) in [6, 6.07) is 0. The SMILES string of the molecule is COC1=CC=CC23C=C(C)C(OC)C(C)=C2n2c(SC)cnc2N13. The van der Waals surface area contributed by atoms with E-state index in [9.17, 15) is 0 Å². The van der Waals surface area contributed by atoms with E-state index < -0.39 is 5.54 Å². The molecule has 4 rings (SSSR count). The highest BCUT2D eigenvalue weighted by Gasteiger charge is 2.53. The fourth-order valence-electron chi connectivity index (χ4n) is 4.16. The maximum atomic E-state index is 5.76. The molecule has 1 aromatic heterocycles. The van der Waals surface area contributed by atoms with Crippen LogP contribution < -0.4 is 4.90 Å². The van der Waals surface area contributed by atoms with Crippen LogP contribution in [0.1, 0.15) is 13.8 Å². The average Bonchev–Trinajstić information content (AvgIpc) is 3.09. The van der Waals surface area contributed by atoms with Gasteiger partial charge in [-0.05, 0) is 49.5 Å². The Morgan fingerprint density at radius 2 is 2.08 bits per heavy atom. The summed E-state index contributed by atoms with van der Waals surface area (Å²) < 4.78 is 13.7. The molecular formula is C18H21N3O2S. The number of nitrogens with zero attached hydrogens (tertiary/aromatic N) is 3. The highest BCUT2D eigenvalue weighted by Crippen LogP contribution is 2.53. The lowest BCUT2D eigenvalue weighted by Gasteiger charge is -2.41. The van der Waals surface area contributed by atoms with Crippen molar-refractivity contribution >= 4 is 23.4 Å². The summed E-state index contributed by atoms with van der Waals surface area (Å²) >= 11 is 1.69. The van der Waals surface area contributed by atoms with Crippen molar-refractivity contribution in [1.29, 1.82) is 0 Å². The van der Waals surface area contributed by atoms with Crippen molar-refractivity contribution in [3.05, 3.63) is 47.5 Å². The van der Waals surface area contributed by atoms with Crippen molar-refractivity contribution in [1.82, 2.24) is 9.55 Å². The van der Waals surface area contributed by atoms with Gasteiger partial charge in [0.1, 0.15) is 16.7 Å². The minimum Gasteiger partial charge on any atom is -0.482 e. The molecule has 0 saturated carbocycles. The van der Waals surface area contributed by atoms with Crippen molar-refractivity contribution in [2.24, 2.45) is 0 Å². The molecule has 3 heterocycles. The van der Waals surface area contributed by atoms with Gasteiger partial charge < -0.3 is 9.47 Å². The number of ether oxygens (including phenoxy) is 2. The highest BCUT2D eigenvalue weighted by molar-refractivity contribution is 7.98. The first kappa shape index (κ1) is 15.6. The predicted octanol–water partition coefficient (Wildman–Crippen LogP) is 3.43. The third-order valence-electron chi connectivity index (χ3n) is 4.98. The molecule has 0 fully saturated rings. The first-order valence-electron chi connectivity index (χ1n) is 7.88. The van der Waals surface area contributed by atoms with Gasteiger partial charge in [0.2, 0.25) is 5.95 Å². The van der Waals surface area contributed by atoms with Crippen LogP contribution >= 0.6 is 11.8 Å². The molecule has 0 saturated heterocycles. The number of methoxy groups -OCH3 is 2. The molecule has 1 aliphatic carbocycles. The third-order valence-corrected chi connectivity index (χ3v) is 5.68. The zero-order valence-corrected chi connectivity index (χ0v) is 15.3. The zero-order valence-electron chi connectivity index (χ0n) is 14.5. The van der Waals surface area contributed by atoms with Gasteiger partial charge in [-0.15, -0.1) is 11.8 Å². The smallest absolute Gasteiger partial charge is 0.219 e. The van der Waals surface area contributed by atoms with E-state index in [2.05, 4.69) is 52.8 Å². The molecule has 1 spiro atoms. The van der Waals surface area contributed by atoms with E-state index in [0.717, 1.165) is 16.9 Å². The van der Waals surface area contributed by atoms with Crippen molar-refractivity contribution in [2.75, 3.05) is 25.4 Å². The first-order chi connectivity index (χ1) is 11.6. The van der Waals surface area contributed by atoms with Gasteiger partial charge in [-0.3, -0.25) is 9.47 Å². The number of aromatic nitrogens is 2. The van der Waals surface area contributed by atoms with Crippen molar-refractivity contribution in [2.45, 2.75) is 30.5 Å². The van der Waals surface area contributed by atoms with E-state index in [-0.39, 0.29) is 6.10 Å². The average molecular weight is 343 g/mol. The molecule has 0 N–H and O–H groups in total. The van der Waals surface area contributed by atoms with Crippen LogP contribution in [-0.4, -0.2) is 41.7 Å². The van der Waals surface area contributed by atoms with E-state index in [1.165, 1.54) is 16.8 Å².